The molecule has 2 aliphatic rings. The lowest BCUT2D eigenvalue weighted by Gasteiger charge is -2.35. The number of carbonyl (C=O) groups is 2. The smallest absolute Gasteiger partial charge is 0.264 e. The fraction of sp³-hybridized carbons (Fsp3) is 0.286. The van der Waals surface area contributed by atoms with Gasteiger partial charge in [0, 0.05) is 11.3 Å². The highest BCUT2D eigenvalue weighted by molar-refractivity contribution is 5.92. The first kappa shape index (κ1) is 22.1. The molecule has 5 nitrogen and oxygen atoms in total. The maximum Gasteiger partial charge on any atom is 0.264 e. The van der Waals surface area contributed by atoms with Crippen LogP contribution in [0.3, 0.4) is 0 Å². The van der Waals surface area contributed by atoms with Crippen LogP contribution in [0.4, 0.5) is 10.1 Å². The number of nitrogens with zero attached hydrogens (tertiary/aromatic N) is 1. The quantitative estimate of drug-likeness (QED) is 0.585. The highest BCUT2D eigenvalue weighted by atomic mass is 19.1. The first-order valence-electron chi connectivity index (χ1n) is 11.7. The number of fused-ring (bicyclic) bond motifs is 2. The number of amides is 2. The van der Waals surface area contributed by atoms with Gasteiger partial charge in [0.25, 0.3) is 5.91 Å². The van der Waals surface area contributed by atoms with E-state index in [2.05, 4.69) is 17.4 Å². The van der Waals surface area contributed by atoms with E-state index in [-0.39, 0.29) is 30.1 Å². The van der Waals surface area contributed by atoms with Gasteiger partial charge in [-0.25, -0.2) is 4.39 Å². The number of nitrogens with one attached hydrogen (secondary N) is 1. The first-order chi connectivity index (χ1) is 16.5. The highest BCUT2D eigenvalue weighted by Gasteiger charge is 2.35. The Morgan fingerprint density at radius 1 is 1.09 bits per heavy atom. The van der Waals surface area contributed by atoms with Crippen molar-refractivity contribution < 1.29 is 18.7 Å². The number of rotatable bonds is 4. The van der Waals surface area contributed by atoms with Crippen molar-refractivity contribution in [3.8, 4) is 5.75 Å². The third-order valence-electron chi connectivity index (χ3n) is 6.61. The number of hydrogen-bond acceptors (Lipinski definition) is 3. The number of aryl methyl sites for hydroxylation is 1. The zero-order chi connectivity index (χ0) is 23.7. The van der Waals surface area contributed by atoms with Crippen molar-refractivity contribution >= 4 is 17.5 Å². The van der Waals surface area contributed by atoms with Gasteiger partial charge in [0.15, 0.2) is 6.10 Å². The van der Waals surface area contributed by atoms with Gasteiger partial charge in [0.05, 0.1) is 19.0 Å². The summed E-state index contributed by atoms with van der Waals surface area (Å²) in [5.41, 5.74) is 4.74. The van der Waals surface area contributed by atoms with Gasteiger partial charge in [0.1, 0.15) is 11.6 Å². The minimum Gasteiger partial charge on any atom is -0.481 e. The van der Waals surface area contributed by atoms with Crippen LogP contribution in [0.1, 0.15) is 48.1 Å². The average Bonchev–Trinajstić information content (AvgIpc) is 2.96. The number of halogens is 1. The number of ether oxygens (including phenoxy) is 1. The van der Waals surface area contributed by atoms with Gasteiger partial charge < -0.3 is 15.0 Å². The summed E-state index contributed by atoms with van der Waals surface area (Å²) < 4.78 is 19.1. The van der Waals surface area contributed by atoms with Crippen LogP contribution in [0.2, 0.25) is 0 Å². The van der Waals surface area contributed by atoms with Gasteiger partial charge in [0.2, 0.25) is 5.91 Å². The number of carbonyl (C=O) groups excluding carboxylic acids is 2. The fourth-order valence-electron chi connectivity index (χ4n) is 4.94. The Balaban J connectivity index is 1.38. The normalized spacial score (nSPS) is 19.5. The van der Waals surface area contributed by atoms with Gasteiger partial charge in [-0.2, -0.15) is 0 Å². The largest absolute Gasteiger partial charge is 0.481 e. The Morgan fingerprint density at radius 2 is 1.88 bits per heavy atom. The van der Waals surface area contributed by atoms with E-state index < -0.39 is 6.10 Å². The average molecular weight is 459 g/mol. The van der Waals surface area contributed by atoms with Crippen LogP contribution >= 0.6 is 0 Å². The Labute approximate surface area is 198 Å². The molecule has 2 amide bonds. The summed E-state index contributed by atoms with van der Waals surface area (Å²) in [7, 11) is 0. The lowest BCUT2D eigenvalue weighted by Crippen LogP contribution is -2.41. The lowest BCUT2D eigenvalue weighted by atomic mass is 9.86. The van der Waals surface area contributed by atoms with Crippen LogP contribution in [-0.4, -0.2) is 22.8 Å². The van der Waals surface area contributed by atoms with Crippen molar-refractivity contribution in [3.05, 3.63) is 94.8 Å². The Morgan fingerprint density at radius 3 is 2.71 bits per heavy atom. The second-order valence-electron chi connectivity index (χ2n) is 9.01. The van der Waals surface area contributed by atoms with E-state index >= 15 is 0 Å². The van der Waals surface area contributed by atoms with Crippen LogP contribution in [0.15, 0.2) is 66.7 Å². The molecule has 34 heavy (non-hydrogen) atoms. The summed E-state index contributed by atoms with van der Waals surface area (Å²) in [6.45, 7) is 2.21. The summed E-state index contributed by atoms with van der Waals surface area (Å²) in [5.74, 6) is 0.108. The monoisotopic (exact) mass is 458 g/mol. The molecule has 5 rings (SSSR count). The van der Waals surface area contributed by atoms with E-state index in [1.165, 1.54) is 23.3 Å². The molecular weight excluding hydrogens is 431 g/mol. The zero-order valence-electron chi connectivity index (χ0n) is 19.1. The van der Waals surface area contributed by atoms with Crippen molar-refractivity contribution in [3.63, 3.8) is 0 Å². The maximum atomic E-state index is 13.3. The van der Waals surface area contributed by atoms with Crippen molar-refractivity contribution in [1.29, 1.82) is 0 Å². The third-order valence-corrected chi connectivity index (χ3v) is 6.61. The van der Waals surface area contributed by atoms with Crippen molar-refractivity contribution in [2.45, 2.75) is 51.3 Å². The predicted octanol–water partition coefficient (Wildman–Crippen LogP) is 5.19. The summed E-state index contributed by atoms with van der Waals surface area (Å²) in [6, 6.07) is 19.7. The van der Waals surface area contributed by atoms with Gasteiger partial charge in [-0.05, 0) is 73.2 Å². The number of benzene rings is 3. The van der Waals surface area contributed by atoms with Gasteiger partial charge in [-0.1, -0.05) is 36.4 Å². The SMILES string of the molecule is C[C@@H]1Oc2ccc(NC(=O)Cc3ccc(F)cc3)cc2CN([C@@H]2CCCc3ccccc32)C1=O. The van der Waals surface area contributed by atoms with E-state index in [0.717, 1.165) is 30.4 Å². The molecule has 3 aromatic rings. The molecule has 0 radical (unpaired) electrons. The van der Waals surface area contributed by atoms with Crippen LogP contribution in [0.25, 0.3) is 0 Å². The topological polar surface area (TPSA) is 58.6 Å². The molecule has 6 heteroatoms. The van der Waals surface area contributed by atoms with Crippen LogP contribution < -0.4 is 10.1 Å². The first-order valence-corrected chi connectivity index (χ1v) is 11.7. The number of hydrogen-bond donors (Lipinski definition) is 1. The molecule has 1 aliphatic carbocycles. The molecule has 3 aromatic carbocycles. The van der Waals surface area contributed by atoms with E-state index in [1.54, 1.807) is 25.1 Å². The zero-order valence-corrected chi connectivity index (χ0v) is 19.1. The van der Waals surface area contributed by atoms with Gasteiger partial charge in [-0.3, -0.25) is 9.59 Å². The summed E-state index contributed by atoms with van der Waals surface area (Å²) >= 11 is 0. The summed E-state index contributed by atoms with van der Waals surface area (Å²) in [6.07, 6.45) is 2.54. The molecule has 0 fully saturated rings. The van der Waals surface area contributed by atoms with Crippen molar-refractivity contribution in [2.24, 2.45) is 0 Å². The van der Waals surface area contributed by atoms with Gasteiger partial charge >= 0.3 is 0 Å². The van der Waals surface area contributed by atoms with Crippen LogP contribution in [0.5, 0.6) is 5.75 Å². The lowest BCUT2D eigenvalue weighted by molar-refractivity contribution is -0.140. The minimum absolute atomic E-state index is 0.00572. The number of anilines is 1. The Hall–Kier alpha value is -3.67. The molecule has 0 unspecified atom stereocenters. The fourth-order valence-corrected chi connectivity index (χ4v) is 4.94. The molecule has 0 aromatic heterocycles. The van der Waals surface area contributed by atoms with Crippen LogP contribution in [0, 0.1) is 5.82 Å². The predicted molar refractivity (Wildman–Crippen MR) is 128 cm³/mol. The second-order valence-corrected chi connectivity index (χ2v) is 9.01. The molecule has 2 atom stereocenters. The van der Waals surface area contributed by atoms with E-state index in [4.69, 9.17) is 4.74 Å². The highest BCUT2D eigenvalue weighted by Crippen LogP contribution is 2.38. The molecule has 0 saturated carbocycles. The van der Waals surface area contributed by atoms with Crippen LogP contribution in [-0.2, 0) is 29.0 Å². The molecule has 1 aliphatic heterocycles. The Kier molecular flexibility index (Phi) is 6.05. The third kappa shape index (κ3) is 4.53. The van der Waals surface area contributed by atoms with E-state index in [0.29, 0.717) is 18.0 Å². The molecule has 1 N–H and O–H groups in total. The van der Waals surface area contributed by atoms with E-state index in [1.807, 2.05) is 29.2 Å². The van der Waals surface area contributed by atoms with E-state index in [9.17, 15) is 14.0 Å². The summed E-state index contributed by atoms with van der Waals surface area (Å²) in [5, 5.41) is 2.92. The van der Waals surface area contributed by atoms with Gasteiger partial charge in [-0.15, -0.1) is 0 Å². The van der Waals surface area contributed by atoms with Crippen molar-refractivity contribution in [2.75, 3.05) is 5.32 Å². The Bertz CT molecular complexity index is 1220. The van der Waals surface area contributed by atoms with Crippen molar-refractivity contribution in [1.82, 2.24) is 4.90 Å². The second kappa shape index (κ2) is 9.29. The minimum atomic E-state index is -0.589. The molecule has 0 spiro atoms. The standard InChI is InChI=1S/C28H27FN2O3/c1-18-28(33)31(25-8-4-6-20-5-2-3-7-24(20)25)17-21-16-23(13-14-26(21)34-18)30-27(32)15-19-9-11-22(29)12-10-19/h2-3,5,7,9-14,16,18,25H,4,6,8,15,17H2,1H3,(H,30,32)/t18-,25+/m0/s1. The molecule has 0 bridgehead atoms. The molecule has 1 heterocycles. The summed E-state index contributed by atoms with van der Waals surface area (Å²) in [4.78, 5) is 27.8. The molecule has 0 saturated heterocycles. The molecular formula is C28H27FN2O3. The molecule has 174 valence electrons. The maximum absolute atomic E-state index is 13.3.